The highest BCUT2D eigenvalue weighted by Gasteiger charge is 2.19. The molecule has 1 aromatic rings. The van der Waals surface area contributed by atoms with E-state index in [0.717, 1.165) is 0 Å². The van der Waals surface area contributed by atoms with Gasteiger partial charge < -0.3 is 16.2 Å². The molecule has 0 saturated heterocycles. The second-order valence-electron chi connectivity index (χ2n) is 2.74. The highest BCUT2D eigenvalue weighted by atomic mass is 35.5. The number of amides is 1. The summed E-state index contributed by atoms with van der Waals surface area (Å²) in [6.07, 6.45) is 0. The van der Waals surface area contributed by atoms with Gasteiger partial charge in [-0.25, -0.2) is 0 Å². The van der Waals surface area contributed by atoms with Crippen molar-refractivity contribution in [2.75, 3.05) is 7.11 Å². The third-order valence-electron chi connectivity index (χ3n) is 1.85. The van der Waals surface area contributed by atoms with Crippen LogP contribution in [0.1, 0.15) is 11.6 Å². The van der Waals surface area contributed by atoms with Gasteiger partial charge in [-0.2, -0.15) is 0 Å². The largest absolute Gasteiger partial charge is 0.496 e. The van der Waals surface area contributed by atoms with Crippen LogP contribution in [-0.2, 0) is 4.79 Å². The molecular weight excluding hydrogens is 204 g/mol. The number of carbonyl (C=O) groups is 1. The Morgan fingerprint density at radius 2 is 2.21 bits per heavy atom. The number of hydrogen-bond donors (Lipinski definition) is 2. The predicted octanol–water partition coefficient (Wildman–Crippen LogP) is 0.834. The molecule has 5 heteroatoms. The van der Waals surface area contributed by atoms with Gasteiger partial charge in [-0.3, -0.25) is 4.79 Å². The zero-order valence-electron chi connectivity index (χ0n) is 7.66. The number of benzene rings is 1. The van der Waals surface area contributed by atoms with Crippen molar-refractivity contribution in [1.29, 1.82) is 0 Å². The minimum atomic E-state index is -0.946. The van der Waals surface area contributed by atoms with Gasteiger partial charge in [0.05, 0.1) is 7.11 Å². The Morgan fingerprint density at radius 1 is 1.57 bits per heavy atom. The molecule has 0 aliphatic heterocycles. The third-order valence-corrected chi connectivity index (χ3v) is 2.18. The molecule has 0 radical (unpaired) electrons. The molecule has 0 fully saturated rings. The van der Waals surface area contributed by atoms with E-state index in [-0.39, 0.29) is 0 Å². The maximum Gasteiger partial charge on any atom is 0.239 e. The van der Waals surface area contributed by atoms with Gasteiger partial charge in [0, 0.05) is 10.6 Å². The zero-order chi connectivity index (χ0) is 10.7. The second-order valence-corrected chi connectivity index (χ2v) is 3.14. The van der Waals surface area contributed by atoms with E-state index in [4.69, 9.17) is 27.8 Å². The van der Waals surface area contributed by atoms with E-state index in [1.54, 1.807) is 18.2 Å². The van der Waals surface area contributed by atoms with Gasteiger partial charge in [0.1, 0.15) is 11.8 Å². The lowest BCUT2D eigenvalue weighted by molar-refractivity contribution is -0.119. The molecule has 0 saturated carbocycles. The van der Waals surface area contributed by atoms with Crippen molar-refractivity contribution < 1.29 is 9.53 Å². The summed E-state index contributed by atoms with van der Waals surface area (Å²) in [5.74, 6) is -0.180. The number of primary amides is 1. The fraction of sp³-hybridized carbons (Fsp3) is 0.222. The smallest absolute Gasteiger partial charge is 0.239 e. The van der Waals surface area contributed by atoms with Crippen LogP contribution in [0.15, 0.2) is 18.2 Å². The third kappa shape index (κ3) is 1.97. The number of halogens is 1. The number of rotatable bonds is 3. The van der Waals surface area contributed by atoms with E-state index in [1.165, 1.54) is 7.11 Å². The van der Waals surface area contributed by atoms with E-state index in [1.807, 2.05) is 0 Å². The van der Waals surface area contributed by atoms with Crippen molar-refractivity contribution >= 4 is 17.5 Å². The first-order valence-electron chi connectivity index (χ1n) is 3.95. The minimum Gasteiger partial charge on any atom is -0.496 e. The summed E-state index contributed by atoms with van der Waals surface area (Å²) in [5.41, 5.74) is 11.1. The second kappa shape index (κ2) is 4.30. The van der Waals surface area contributed by atoms with Crippen molar-refractivity contribution in [2.45, 2.75) is 6.04 Å². The van der Waals surface area contributed by atoms with Crippen LogP contribution in [0.5, 0.6) is 5.75 Å². The van der Waals surface area contributed by atoms with Crippen LogP contribution in [-0.4, -0.2) is 13.0 Å². The van der Waals surface area contributed by atoms with Gasteiger partial charge in [-0.15, -0.1) is 0 Å². The fourth-order valence-electron chi connectivity index (χ4n) is 1.14. The molecule has 1 atom stereocenters. The normalized spacial score (nSPS) is 12.2. The summed E-state index contributed by atoms with van der Waals surface area (Å²) in [6, 6.07) is 4.06. The standard InChI is InChI=1S/C9H11ClN2O2/c1-14-6-4-2-3-5(10)7(6)8(11)9(12)13/h2-4,8H,11H2,1H3,(H2,12,13). The first kappa shape index (κ1) is 10.8. The Morgan fingerprint density at radius 3 is 2.71 bits per heavy atom. The lowest BCUT2D eigenvalue weighted by Gasteiger charge is -2.13. The molecule has 4 nitrogen and oxygen atoms in total. The van der Waals surface area contributed by atoms with Crippen molar-refractivity contribution in [3.63, 3.8) is 0 Å². The van der Waals surface area contributed by atoms with Crippen molar-refractivity contribution in [3.05, 3.63) is 28.8 Å². The maximum absolute atomic E-state index is 10.9. The van der Waals surface area contributed by atoms with Crippen LogP contribution in [0, 0.1) is 0 Å². The van der Waals surface area contributed by atoms with Crippen molar-refractivity contribution in [2.24, 2.45) is 11.5 Å². The summed E-state index contributed by atoms with van der Waals surface area (Å²) < 4.78 is 5.03. The Kier molecular flexibility index (Phi) is 3.33. The molecule has 0 aliphatic rings. The molecule has 4 N–H and O–H groups in total. The average Bonchev–Trinajstić information content (AvgIpc) is 2.16. The van der Waals surface area contributed by atoms with E-state index in [2.05, 4.69) is 0 Å². The Balaban J connectivity index is 3.23. The van der Waals surface area contributed by atoms with Crippen LogP contribution >= 0.6 is 11.6 Å². The number of methoxy groups -OCH3 is 1. The SMILES string of the molecule is COc1cccc(Cl)c1C(N)C(N)=O. The summed E-state index contributed by atoms with van der Waals surface area (Å²) in [4.78, 5) is 10.9. The summed E-state index contributed by atoms with van der Waals surface area (Å²) in [7, 11) is 1.48. The van der Waals surface area contributed by atoms with Gasteiger partial charge in [0.25, 0.3) is 0 Å². The molecule has 1 rings (SSSR count). The number of carbonyl (C=O) groups excluding carboxylic acids is 1. The summed E-state index contributed by atoms with van der Waals surface area (Å²) >= 11 is 5.88. The molecule has 14 heavy (non-hydrogen) atoms. The Bertz CT molecular complexity index is 355. The van der Waals surface area contributed by atoms with Crippen molar-refractivity contribution in [3.8, 4) is 5.75 Å². The molecular formula is C9H11ClN2O2. The average molecular weight is 215 g/mol. The predicted molar refractivity (Wildman–Crippen MR) is 54.1 cm³/mol. The molecule has 76 valence electrons. The highest BCUT2D eigenvalue weighted by Crippen LogP contribution is 2.30. The van der Waals surface area contributed by atoms with E-state index in [0.29, 0.717) is 16.3 Å². The van der Waals surface area contributed by atoms with Crippen LogP contribution in [0.4, 0.5) is 0 Å². The van der Waals surface area contributed by atoms with E-state index < -0.39 is 11.9 Å². The number of hydrogen-bond acceptors (Lipinski definition) is 3. The zero-order valence-corrected chi connectivity index (χ0v) is 8.41. The minimum absolute atomic E-state index is 0.371. The highest BCUT2D eigenvalue weighted by molar-refractivity contribution is 6.31. The quantitative estimate of drug-likeness (QED) is 0.783. The summed E-state index contributed by atoms with van der Waals surface area (Å²) in [5, 5.41) is 0.371. The van der Waals surface area contributed by atoms with Crippen LogP contribution < -0.4 is 16.2 Å². The summed E-state index contributed by atoms with van der Waals surface area (Å²) in [6.45, 7) is 0. The maximum atomic E-state index is 10.9. The number of ether oxygens (including phenoxy) is 1. The molecule has 0 aromatic heterocycles. The monoisotopic (exact) mass is 214 g/mol. The lowest BCUT2D eigenvalue weighted by atomic mass is 10.1. The number of nitrogens with two attached hydrogens (primary N) is 2. The first-order valence-corrected chi connectivity index (χ1v) is 4.33. The van der Waals surface area contributed by atoms with Gasteiger partial charge in [0.2, 0.25) is 5.91 Å². The van der Waals surface area contributed by atoms with Crippen LogP contribution in [0.25, 0.3) is 0 Å². The van der Waals surface area contributed by atoms with Gasteiger partial charge in [-0.1, -0.05) is 17.7 Å². The Labute approximate surface area is 86.8 Å². The molecule has 0 aliphatic carbocycles. The molecule has 1 aromatic carbocycles. The first-order chi connectivity index (χ1) is 6.57. The van der Waals surface area contributed by atoms with Gasteiger partial charge in [0.15, 0.2) is 0 Å². The van der Waals surface area contributed by atoms with Crippen LogP contribution in [0.3, 0.4) is 0 Å². The Hall–Kier alpha value is -1.26. The van der Waals surface area contributed by atoms with Gasteiger partial charge in [-0.05, 0) is 12.1 Å². The molecule has 0 spiro atoms. The van der Waals surface area contributed by atoms with Crippen molar-refractivity contribution in [1.82, 2.24) is 0 Å². The van der Waals surface area contributed by atoms with E-state index >= 15 is 0 Å². The topological polar surface area (TPSA) is 78.3 Å². The van der Waals surface area contributed by atoms with Crippen LogP contribution in [0.2, 0.25) is 5.02 Å². The fourth-order valence-corrected chi connectivity index (χ4v) is 1.42. The van der Waals surface area contributed by atoms with E-state index in [9.17, 15) is 4.79 Å². The lowest BCUT2D eigenvalue weighted by Crippen LogP contribution is -2.28. The molecule has 1 amide bonds. The molecule has 1 unspecified atom stereocenters. The molecule has 0 bridgehead atoms. The molecule has 0 heterocycles. The van der Waals surface area contributed by atoms with Gasteiger partial charge >= 0.3 is 0 Å².